The number of carbonyl (C=O) groups is 1. The summed E-state index contributed by atoms with van der Waals surface area (Å²) in [6, 6.07) is 9.81. The Bertz CT molecular complexity index is 870. The zero-order valence-corrected chi connectivity index (χ0v) is 15.4. The molecule has 0 heterocycles. The molecule has 2 rings (SSSR count). The second kappa shape index (κ2) is 8.38. The highest BCUT2D eigenvalue weighted by atomic mass is 35.6. The van der Waals surface area contributed by atoms with Crippen LogP contribution in [0.2, 0.25) is 0 Å². The topological polar surface area (TPSA) is 125 Å². The van der Waals surface area contributed by atoms with Crippen molar-refractivity contribution in [2.75, 3.05) is 0 Å². The molecular weight excluding hydrogens is 425 g/mol. The normalized spacial score (nSPS) is 12.1. The molecule has 27 heavy (non-hydrogen) atoms. The van der Waals surface area contributed by atoms with E-state index in [1.807, 2.05) is 0 Å². The molecule has 1 amide bonds. The van der Waals surface area contributed by atoms with Crippen LogP contribution in [0.1, 0.15) is 10.4 Å². The molecule has 0 radical (unpaired) electrons. The van der Waals surface area contributed by atoms with Crippen molar-refractivity contribution in [1.82, 2.24) is 5.32 Å². The lowest BCUT2D eigenvalue weighted by Crippen LogP contribution is -2.47. The fraction of sp³-hybridized carbons (Fsp3) is 0.133. The lowest BCUT2D eigenvalue weighted by Gasteiger charge is -2.26. The smallest absolute Gasteiger partial charge is 0.270 e. The van der Waals surface area contributed by atoms with Gasteiger partial charge in [0.1, 0.15) is 5.75 Å². The fourth-order valence-corrected chi connectivity index (χ4v) is 2.22. The van der Waals surface area contributed by atoms with Gasteiger partial charge in [-0.25, -0.2) is 0 Å². The van der Waals surface area contributed by atoms with E-state index in [0.29, 0.717) is 0 Å². The van der Waals surface area contributed by atoms with Gasteiger partial charge in [-0.15, -0.1) is 0 Å². The monoisotopic (exact) mass is 433 g/mol. The molecule has 142 valence electrons. The van der Waals surface area contributed by atoms with Crippen LogP contribution in [0, 0.1) is 20.2 Å². The van der Waals surface area contributed by atoms with Crippen molar-refractivity contribution < 1.29 is 19.4 Å². The molecule has 0 aliphatic heterocycles. The summed E-state index contributed by atoms with van der Waals surface area (Å²) in [6.07, 6.45) is -1.48. The fourth-order valence-electron chi connectivity index (χ4n) is 1.92. The molecule has 0 unspecified atom stereocenters. The summed E-state index contributed by atoms with van der Waals surface area (Å²) in [6.45, 7) is 0. The zero-order chi connectivity index (χ0) is 20.2. The Balaban J connectivity index is 2.19. The summed E-state index contributed by atoms with van der Waals surface area (Å²) in [5.74, 6) is -0.687. The van der Waals surface area contributed by atoms with E-state index in [9.17, 15) is 25.0 Å². The number of benzene rings is 2. The predicted molar refractivity (Wildman–Crippen MR) is 98.4 cm³/mol. The van der Waals surface area contributed by atoms with E-state index in [1.165, 1.54) is 42.5 Å². The molecule has 0 spiro atoms. The van der Waals surface area contributed by atoms with Crippen LogP contribution in [0.25, 0.3) is 0 Å². The van der Waals surface area contributed by atoms with Crippen molar-refractivity contribution in [3.05, 3.63) is 74.3 Å². The minimum Gasteiger partial charge on any atom is -0.466 e. The number of nitro benzene ring substituents is 2. The van der Waals surface area contributed by atoms with E-state index in [4.69, 9.17) is 39.5 Å². The SMILES string of the molecule is O=C(N[C@H](Oc1ccc([N+](=O)[O-])cc1)C(Cl)(Cl)Cl)c1cccc([N+](=O)[O-])c1. The average Bonchev–Trinajstić information content (AvgIpc) is 2.60. The summed E-state index contributed by atoms with van der Waals surface area (Å²) in [4.78, 5) is 32.6. The standard InChI is InChI=1S/C15H10Cl3N3O6/c16-15(17,18)14(27-12-6-4-10(5-7-12)20(23)24)19-13(22)9-2-1-3-11(8-9)21(25)26/h1-8,14H,(H,19,22)/t14-/m1/s1. The van der Waals surface area contributed by atoms with Crippen LogP contribution in [-0.4, -0.2) is 25.8 Å². The third kappa shape index (κ3) is 5.68. The van der Waals surface area contributed by atoms with Crippen LogP contribution < -0.4 is 10.1 Å². The zero-order valence-electron chi connectivity index (χ0n) is 13.2. The third-order valence-corrected chi connectivity index (χ3v) is 3.77. The summed E-state index contributed by atoms with van der Waals surface area (Å²) in [7, 11) is 0. The Morgan fingerprint density at radius 3 is 2.11 bits per heavy atom. The number of nitro groups is 2. The number of hydrogen-bond acceptors (Lipinski definition) is 6. The number of carbonyl (C=O) groups excluding carboxylic acids is 1. The van der Waals surface area contributed by atoms with Gasteiger partial charge in [-0.1, -0.05) is 40.9 Å². The summed E-state index contributed by atoms with van der Waals surface area (Å²) in [5.41, 5.74) is -0.506. The molecule has 2 aromatic rings. The highest BCUT2D eigenvalue weighted by Crippen LogP contribution is 2.32. The number of ether oxygens (including phenoxy) is 1. The minimum absolute atomic E-state index is 0.0456. The van der Waals surface area contributed by atoms with Gasteiger partial charge in [-0.3, -0.25) is 25.0 Å². The molecule has 1 atom stereocenters. The molecular formula is C15H10Cl3N3O6. The molecule has 0 aliphatic carbocycles. The number of halogens is 3. The summed E-state index contributed by atoms with van der Waals surface area (Å²) < 4.78 is 3.30. The van der Waals surface area contributed by atoms with Gasteiger partial charge >= 0.3 is 0 Å². The van der Waals surface area contributed by atoms with Gasteiger partial charge in [-0.05, 0) is 18.2 Å². The first-order valence-corrected chi connectivity index (χ1v) is 8.24. The largest absolute Gasteiger partial charge is 0.466 e. The lowest BCUT2D eigenvalue weighted by molar-refractivity contribution is -0.385. The second-order valence-electron chi connectivity index (χ2n) is 5.07. The number of amides is 1. The van der Waals surface area contributed by atoms with Gasteiger partial charge < -0.3 is 10.1 Å². The number of non-ortho nitro benzene ring substituents is 2. The van der Waals surface area contributed by atoms with Crippen LogP contribution in [0.15, 0.2) is 48.5 Å². The van der Waals surface area contributed by atoms with Crippen molar-refractivity contribution in [2.24, 2.45) is 0 Å². The van der Waals surface area contributed by atoms with E-state index in [0.717, 1.165) is 6.07 Å². The Labute approximate surface area is 167 Å². The van der Waals surface area contributed by atoms with Crippen LogP contribution in [0.3, 0.4) is 0 Å². The van der Waals surface area contributed by atoms with Crippen LogP contribution in [-0.2, 0) is 0 Å². The first-order chi connectivity index (χ1) is 12.6. The number of hydrogen-bond donors (Lipinski definition) is 1. The van der Waals surface area contributed by atoms with Crippen molar-refractivity contribution in [1.29, 1.82) is 0 Å². The molecule has 0 aliphatic rings. The first-order valence-electron chi connectivity index (χ1n) is 7.11. The maximum atomic E-state index is 12.3. The molecule has 0 fully saturated rings. The van der Waals surface area contributed by atoms with E-state index in [1.54, 1.807) is 0 Å². The second-order valence-corrected chi connectivity index (χ2v) is 7.44. The van der Waals surface area contributed by atoms with Crippen LogP contribution in [0.5, 0.6) is 5.75 Å². The van der Waals surface area contributed by atoms with Crippen LogP contribution >= 0.6 is 34.8 Å². The van der Waals surface area contributed by atoms with Crippen molar-refractivity contribution >= 4 is 52.1 Å². The summed E-state index contributed by atoms with van der Waals surface area (Å²) >= 11 is 17.5. The maximum absolute atomic E-state index is 12.3. The Morgan fingerprint density at radius 1 is 1.00 bits per heavy atom. The minimum atomic E-state index is -2.10. The van der Waals surface area contributed by atoms with Crippen molar-refractivity contribution in [3.8, 4) is 5.75 Å². The van der Waals surface area contributed by atoms with Crippen molar-refractivity contribution in [2.45, 2.75) is 10.0 Å². The molecule has 0 bridgehead atoms. The summed E-state index contributed by atoms with van der Waals surface area (Å²) in [5, 5.41) is 23.8. The molecule has 0 aromatic heterocycles. The molecule has 0 saturated carbocycles. The van der Waals surface area contributed by atoms with E-state index in [2.05, 4.69) is 5.32 Å². The van der Waals surface area contributed by atoms with Gasteiger partial charge in [0.2, 0.25) is 10.0 Å². The number of nitrogens with zero attached hydrogens (tertiary/aromatic N) is 2. The third-order valence-electron chi connectivity index (χ3n) is 3.18. The lowest BCUT2D eigenvalue weighted by atomic mass is 10.2. The number of nitrogens with one attached hydrogen (secondary N) is 1. The maximum Gasteiger partial charge on any atom is 0.270 e. The predicted octanol–water partition coefficient (Wildman–Crippen LogP) is 4.01. The van der Waals surface area contributed by atoms with E-state index in [-0.39, 0.29) is 22.7 Å². The van der Waals surface area contributed by atoms with Gasteiger partial charge in [0.25, 0.3) is 17.3 Å². The first kappa shape index (κ1) is 20.7. The molecule has 1 N–H and O–H groups in total. The molecule has 12 heteroatoms. The van der Waals surface area contributed by atoms with E-state index < -0.39 is 25.8 Å². The number of alkyl halides is 3. The van der Waals surface area contributed by atoms with Gasteiger partial charge in [-0.2, -0.15) is 0 Å². The quantitative estimate of drug-likeness (QED) is 0.317. The molecule has 9 nitrogen and oxygen atoms in total. The van der Waals surface area contributed by atoms with Crippen molar-refractivity contribution in [3.63, 3.8) is 0 Å². The molecule has 0 saturated heterocycles. The van der Waals surface area contributed by atoms with E-state index >= 15 is 0 Å². The number of rotatable bonds is 6. The molecule has 2 aromatic carbocycles. The Hall–Kier alpha value is -2.62. The Kier molecular flexibility index (Phi) is 6.42. The highest BCUT2D eigenvalue weighted by Gasteiger charge is 2.36. The average molecular weight is 435 g/mol. The van der Waals surface area contributed by atoms with Gasteiger partial charge in [0.05, 0.1) is 9.85 Å². The highest BCUT2D eigenvalue weighted by molar-refractivity contribution is 6.68. The Morgan fingerprint density at radius 2 is 1.59 bits per heavy atom. The van der Waals surface area contributed by atoms with Gasteiger partial charge in [0.15, 0.2) is 0 Å². The van der Waals surface area contributed by atoms with Crippen LogP contribution in [0.4, 0.5) is 11.4 Å². The van der Waals surface area contributed by atoms with Gasteiger partial charge in [0, 0.05) is 29.8 Å².